The summed E-state index contributed by atoms with van der Waals surface area (Å²) < 4.78 is 32.8. The maximum atomic E-state index is 12.2. The van der Waals surface area contributed by atoms with E-state index in [-0.39, 0.29) is 17.4 Å². The first-order valence-electron chi connectivity index (χ1n) is 19.4. The Balaban J connectivity index is 0.00000101. The average molecular weight is 704 g/mol. The molecular formula is C42H70FNO4S. The number of aromatic hydroxyl groups is 1. The maximum Gasteiger partial charge on any atom is 0.302 e. The van der Waals surface area contributed by atoms with Crippen LogP contribution in [-0.4, -0.2) is 25.2 Å². The molecule has 0 heterocycles. The van der Waals surface area contributed by atoms with Crippen LogP contribution >= 0.6 is 0 Å². The fourth-order valence-electron chi connectivity index (χ4n) is 5.18. The van der Waals surface area contributed by atoms with Gasteiger partial charge in [0, 0.05) is 12.1 Å². The molecule has 0 saturated heterocycles. The molecule has 0 bridgehead atoms. The number of hydrogen-bond donors (Lipinski definition) is 2. The third-order valence-electron chi connectivity index (χ3n) is 8.12. The molecule has 7 heteroatoms. The van der Waals surface area contributed by atoms with Crippen molar-refractivity contribution in [3.05, 3.63) is 72.9 Å². The van der Waals surface area contributed by atoms with Crippen LogP contribution < -0.4 is 5.32 Å². The summed E-state index contributed by atoms with van der Waals surface area (Å²) >= 11 is 0. The van der Waals surface area contributed by atoms with Crippen molar-refractivity contribution in [2.45, 2.75) is 168 Å². The Bertz CT molecular complexity index is 1110. The Morgan fingerprint density at radius 1 is 0.592 bits per heavy atom. The standard InChI is InChI=1S/C26H37NO2.C16H33FO2S/c1-2-3-4-5-6-7-8-9-10-11-12-13-14-15-16-17-18-19-26(29)27-24-20-22-25(28)23-21-24;1-2-3-4-5-6-7-8-9-10-11-12-13-14-15-16-20(17,18)19/h6-7,9-10,12-13,15-16,20-23,28H,2-5,8,11,14,17-19H2,1H3,(H,27,29);2-16H2,1H3/b7-6-,10-9-,13-12-,16-15-;. The summed E-state index contributed by atoms with van der Waals surface area (Å²) in [5.41, 5.74) is 0.713. The molecule has 1 aromatic rings. The number of rotatable bonds is 30. The first-order valence-corrected chi connectivity index (χ1v) is 20.9. The molecule has 0 unspecified atom stereocenters. The van der Waals surface area contributed by atoms with Crippen molar-refractivity contribution in [1.82, 2.24) is 0 Å². The number of nitrogens with one attached hydrogen (secondary N) is 1. The van der Waals surface area contributed by atoms with Gasteiger partial charge < -0.3 is 10.4 Å². The van der Waals surface area contributed by atoms with Gasteiger partial charge in [-0.25, -0.2) is 0 Å². The quantitative estimate of drug-likeness (QED) is 0.0361. The van der Waals surface area contributed by atoms with E-state index in [1.54, 1.807) is 24.3 Å². The molecule has 1 rings (SSSR count). The number of allylic oxidation sites excluding steroid dienone is 8. The van der Waals surface area contributed by atoms with E-state index in [1.807, 2.05) is 0 Å². The first-order chi connectivity index (χ1) is 23.8. The lowest BCUT2D eigenvalue weighted by molar-refractivity contribution is -0.116. The van der Waals surface area contributed by atoms with E-state index in [9.17, 15) is 22.2 Å². The van der Waals surface area contributed by atoms with Crippen LogP contribution in [0.5, 0.6) is 5.75 Å². The van der Waals surface area contributed by atoms with Crippen LogP contribution in [0.1, 0.15) is 168 Å². The fraction of sp³-hybridized carbons (Fsp3) is 0.643. The number of unbranched alkanes of at least 4 members (excludes halogenated alkanes) is 17. The van der Waals surface area contributed by atoms with Crippen molar-refractivity contribution in [2.75, 3.05) is 11.1 Å². The number of phenols is 1. The number of halogens is 1. The molecule has 0 aliphatic carbocycles. The third kappa shape index (κ3) is 38.0. The lowest BCUT2D eigenvalue weighted by Gasteiger charge is -2.04. The highest BCUT2D eigenvalue weighted by molar-refractivity contribution is 7.86. The topological polar surface area (TPSA) is 83.5 Å². The fourth-order valence-corrected chi connectivity index (χ4v) is 5.73. The summed E-state index contributed by atoms with van der Waals surface area (Å²) in [4.78, 5) is 11.8. The number of amides is 1. The Morgan fingerprint density at radius 3 is 1.43 bits per heavy atom. The molecule has 0 fully saturated rings. The zero-order valence-electron chi connectivity index (χ0n) is 31.1. The van der Waals surface area contributed by atoms with Gasteiger partial charge >= 0.3 is 10.2 Å². The van der Waals surface area contributed by atoms with Gasteiger partial charge in [0.1, 0.15) is 5.75 Å². The van der Waals surface area contributed by atoms with Gasteiger partial charge in [-0.3, -0.25) is 4.79 Å². The number of anilines is 1. The average Bonchev–Trinajstić information content (AvgIpc) is 3.07. The van der Waals surface area contributed by atoms with Gasteiger partial charge in [-0.2, -0.15) is 8.42 Å². The van der Waals surface area contributed by atoms with E-state index in [0.717, 1.165) is 51.4 Å². The van der Waals surface area contributed by atoms with Crippen molar-refractivity contribution < 1.29 is 22.2 Å². The molecule has 5 nitrogen and oxygen atoms in total. The summed E-state index contributed by atoms with van der Waals surface area (Å²) in [5.74, 6) is -0.0968. The van der Waals surface area contributed by atoms with E-state index >= 15 is 0 Å². The van der Waals surface area contributed by atoms with Gasteiger partial charge in [-0.15, -0.1) is 3.89 Å². The highest BCUT2D eigenvalue weighted by Gasteiger charge is 2.05. The van der Waals surface area contributed by atoms with Gasteiger partial charge in [0.15, 0.2) is 0 Å². The van der Waals surface area contributed by atoms with Crippen LogP contribution in [0.25, 0.3) is 0 Å². The monoisotopic (exact) mass is 704 g/mol. The van der Waals surface area contributed by atoms with E-state index in [4.69, 9.17) is 0 Å². The Kier molecular flexibility index (Phi) is 33.3. The minimum absolute atomic E-state index is 0.00609. The summed E-state index contributed by atoms with van der Waals surface area (Å²) in [6.07, 6.45) is 44.9. The summed E-state index contributed by atoms with van der Waals surface area (Å²) in [7, 11) is -4.24. The molecule has 0 aliphatic rings. The molecule has 0 aliphatic heterocycles. The molecule has 1 amide bonds. The lowest BCUT2D eigenvalue weighted by Crippen LogP contribution is -2.10. The van der Waals surface area contributed by atoms with Crippen molar-refractivity contribution in [3.8, 4) is 5.75 Å². The second-order valence-corrected chi connectivity index (χ2v) is 14.4. The molecule has 2 N–H and O–H groups in total. The van der Waals surface area contributed by atoms with Crippen LogP contribution in [0.3, 0.4) is 0 Å². The molecule has 0 saturated carbocycles. The van der Waals surface area contributed by atoms with E-state index in [1.165, 1.54) is 89.9 Å². The normalized spacial score (nSPS) is 12.0. The third-order valence-corrected chi connectivity index (χ3v) is 8.90. The molecule has 0 spiro atoms. The zero-order chi connectivity index (χ0) is 36.1. The van der Waals surface area contributed by atoms with Gasteiger partial charge in [-0.1, -0.05) is 159 Å². The SMILES string of the molecule is CCCCC/C=C\C/C=C\C/C=C\C/C=C\CCCC(=O)Nc1ccc(O)cc1.CCCCCCCCCCCCCCCCS(=O)(=O)F. The van der Waals surface area contributed by atoms with Crippen molar-refractivity contribution in [2.24, 2.45) is 0 Å². The number of phenolic OH excluding ortho intramolecular Hbond substituents is 1. The van der Waals surface area contributed by atoms with E-state index < -0.39 is 10.2 Å². The van der Waals surface area contributed by atoms with Gasteiger partial charge in [-0.05, 0) is 75.6 Å². The second kappa shape index (κ2) is 35.2. The number of hydrogen-bond acceptors (Lipinski definition) is 4. The minimum atomic E-state index is -4.24. The molecule has 0 aromatic heterocycles. The van der Waals surface area contributed by atoms with Gasteiger partial charge in [0.25, 0.3) is 0 Å². The first kappa shape index (κ1) is 46.3. The molecular weight excluding hydrogens is 634 g/mol. The van der Waals surface area contributed by atoms with Crippen molar-refractivity contribution >= 4 is 21.8 Å². The predicted molar refractivity (Wildman–Crippen MR) is 210 cm³/mol. The van der Waals surface area contributed by atoms with Crippen molar-refractivity contribution in [1.29, 1.82) is 0 Å². The maximum absolute atomic E-state index is 12.2. The molecule has 49 heavy (non-hydrogen) atoms. The Morgan fingerprint density at radius 2 is 0.980 bits per heavy atom. The summed E-state index contributed by atoms with van der Waals surface area (Å²) in [5, 5.41) is 12.1. The Hall–Kier alpha value is -2.67. The second-order valence-electron chi connectivity index (χ2n) is 12.9. The van der Waals surface area contributed by atoms with E-state index in [2.05, 4.69) is 67.8 Å². The molecule has 0 atom stereocenters. The highest BCUT2D eigenvalue weighted by Crippen LogP contribution is 2.15. The number of carbonyl (C=O) groups excluding carboxylic acids is 1. The Labute approximate surface area is 300 Å². The zero-order valence-corrected chi connectivity index (χ0v) is 31.9. The van der Waals surface area contributed by atoms with Crippen LogP contribution in [0.2, 0.25) is 0 Å². The number of benzene rings is 1. The van der Waals surface area contributed by atoms with Gasteiger partial charge in [0.05, 0.1) is 5.75 Å². The van der Waals surface area contributed by atoms with Crippen LogP contribution in [0, 0.1) is 0 Å². The molecule has 0 radical (unpaired) electrons. The van der Waals surface area contributed by atoms with Gasteiger partial charge in [0.2, 0.25) is 5.91 Å². The summed E-state index contributed by atoms with van der Waals surface area (Å²) in [6.45, 7) is 4.48. The number of carbonyl (C=O) groups is 1. The molecule has 1 aromatic carbocycles. The van der Waals surface area contributed by atoms with Crippen LogP contribution in [0.4, 0.5) is 9.57 Å². The smallest absolute Gasteiger partial charge is 0.302 e. The largest absolute Gasteiger partial charge is 0.508 e. The van der Waals surface area contributed by atoms with Crippen molar-refractivity contribution in [3.63, 3.8) is 0 Å². The molecule has 280 valence electrons. The minimum Gasteiger partial charge on any atom is -0.508 e. The van der Waals surface area contributed by atoms with Crippen LogP contribution in [-0.2, 0) is 15.0 Å². The van der Waals surface area contributed by atoms with Crippen LogP contribution in [0.15, 0.2) is 72.9 Å². The lowest BCUT2D eigenvalue weighted by atomic mass is 10.0. The highest BCUT2D eigenvalue weighted by atomic mass is 32.3. The predicted octanol–water partition coefficient (Wildman–Crippen LogP) is 13.2. The summed E-state index contributed by atoms with van der Waals surface area (Å²) in [6, 6.07) is 6.52. The van der Waals surface area contributed by atoms with E-state index in [0.29, 0.717) is 18.5 Å².